The van der Waals surface area contributed by atoms with Gasteiger partial charge < -0.3 is 15.7 Å². The third-order valence-corrected chi connectivity index (χ3v) is 2.73. The summed E-state index contributed by atoms with van der Waals surface area (Å²) in [5.41, 5.74) is 5.95. The monoisotopic (exact) mass is 296 g/mol. The summed E-state index contributed by atoms with van der Waals surface area (Å²) in [6, 6.07) is 6.46. The molecule has 0 spiro atoms. The van der Waals surface area contributed by atoms with Crippen molar-refractivity contribution in [3.8, 4) is 5.75 Å². The highest BCUT2D eigenvalue weighted by molar-refractivity contribution is 5.98. The molecule has 0 unspecified atom stereocenters. The van der Waals surface area contributed by atoms with Crippen molar-refractivity contribution in [2.75, 3.05) is 0 Å². The lowest BCUT2D eigenvalue weighted by Crippen LogP contribution is -2.17. The van der Waals surface area contributed by atoms with Gasteiger partial charge in [0.1, 0.15) is 18.2 Å². The third-order valence-electron chi connectivity index (χ3n) is 2.73. The molecule has 0 radical (unpaired) electrons. The van der Waals surface area contributed by atoms with E-state index in [4.69, 9.17) is 15.7 Å². The molecular formula is C14H11F3N2O2. The highest BCUT2D eigenvalue weighted by Crippen LogP contribution is 2.20. The number of nitrogens with zero attached hydrogens (tertiary/aromatic N) is 1. The largest absolute Gasteiger partial charge is 0.486 e. The molecule has 0 aromatic heterocycles. The smallest absolute Gasteiger partial charge is 0.170 e. The van der Waals surface area contributed by atoms with Crippen LogP contribution in [0.4, 0.5) is 13.2 Å². The lowest BCUT2D eigenvalue weighted by molar-refractivity contribution is 0.288. The molecule has 7 heteroatoms. The van der Waals surface area contributed by atoms with Crippen molar-refractivity contribution in [3.63, 3.8) is 0 Å². The van der Waals surface area contributed by atoms with Crippen LogP contribution in [0.15, 0.2) is 41.6 Å². The maximum absolute atomic E-state index is 13.4. The van der Waals surface area contributed by atoms with E-state index in [-0.39, 0.29) is 23.8 Å². The summed E-state index contributed by atoms with van der Waals surface area (Å²) in [4.78, 5) is 0. The Morgan fingerprint density at radius 3 is 2.43 bits per heavy atom. The highest BCUT2D eigenvalue weighted by Gasteiger charge is 2.11. The van der Waals surface area contributed by atoms with Crippen LogP contribution in [0.1, 0.15) is 11.1 Å². The zero-order chi connectivity index (χ0) is 15.4. The van der Waals surface area contributed by atoms with Gasteiger partial charge in [0, 0.05) is 17.2 Å². The van der Waals surface area contributed by atoms with E-state index in [1.54, 1.807) is 0 Å². The van der Waals surface area contributed by atoms with Crippen LogP contribution in [0.5, 0.6) is 5.75 Å². The summed E-state index contributed by atoms with van der Waals surface area (Å²) in [5.74, 6) is -2.62. The predicted molar refractivity (Wildman–Crippen MR) is 69.6 cm³/mol. The lowest BCUT2D eigenvalue weighted by Gasteiger charge is -2.11. The Balaban J connectivity index is 2.24. The molecular weight excluding hydrogens is 285 g/mol. The van der Waals surface area contributed by atoms with Crippen LogP contribution in [-0.2, 0) is 6.61 Å². The fourth-order valence-corrected chi connectivity index (χ4v) is 1.71. The van der Waals surface area contributed by atoms with E-state index in [0.29, 0.717) is 11.6 Å². The van der Waals surface area contributed by atoms with Crippen LogP contribution in [-0.4, -0.2) is 11.0 Å². The Kier molecular flexibility index (Phi) is 4.32. The minimum Gasteiger partial charge on any atom is -0.486 e. The van der Waals surface area contributed by atoms with E-state index < -0.39 is 17.5 Å². The average molecular weight is 296 g/mol. The minimum absolute atomic E-state index is 0.125. The standard InChI is InChI=1S/C14H11F3N2O2/c15-9-2-1-8(11(5-9)14(18)19-20)7-21-13-4-3-10(16)6-12(13)17/h1-6,20H,7H2,(H2,18,19). The molecule has 2 aromatic rings. The Morgan fingerprint density at radius 1 is 1.10 bits per heavy atom. The van der Waals surface area contributed by atoms with E-state index in [1.165, 1.54) is 6.07 Å². The molecule has 0 aliphatic carbocycles. The number of nitrogens with two attached hydrogens (primary N) is 1. The van der Waals surface area contributed by atoms with E-state index >= 15 is 0 Å². The molecule has 0 amide bonds. The van der Waals surface area contributed by atoms with Gasteiger partial charge in [-0.25, -0.2) is 13.2 Å². The molecule has 0 aliphatic heterocycles. The molecule has 0 saturated heterocycles. The summed E-state index contributed by atoms with van der Waals surface area (Å²) in [6.07, 6.45) is 0. The Hall–Kier alpha value is -2.70. The van der Waals surface area contributed by atoms with Crippen LogP contribution in [0.25, 0.3) is 0 Å². The Bertz CT molecular complexity index is 690. The van der Waals surface area contributed by atoms with Crippen molar-refractivity contribution in [3.05, 3.63) is 65.0 Å². The SMILES string of the molecule is NC(=NO)c1cc(F)ccc1COc1ccc(F)cc1F. The maximum Gasteiger partial charge on any atom is 0.170 e. The number of halogens is 3. The molecule has 2 rings (SSSR count). The lowest BCUT2D eigenvalue weighted by atomic mass is 10.1. The molecule has 0 bridgehead atoms. The molecule has 0 aliphatic rings. The van der Waals surface area contributed by atoms with Gasteiger partial charge in [-0.15, -0.1) is 0 Å². The topological polar surface area (TPSA) is 67.8 Å². The Morgan fingerprint density at radius 2 is 1.76 bits per heavy atom. The number of oxime groups is 1. The van der Waals surface area contributed by atoms with Crippen molar-refractivity contribution in [1.82, 2.24) is 0 Å². The van der Waals surface area contributed by atoms with Gasteiger partial charge in [0.05, 0.1) is 0 Å². The van der Waals surface area contributed by atoms with Crippen molar-refractivity contribution in [2.45, 2.75) is 6.61 Å². The summed E-state index contributed by atoms with van der Waals surface area (Å²) < 4.78 is 44.6. The molecule has 2 aromatic carbocycles. The van der Waals surface area contributed by atoms with Gasteiger partial charge in [-0.05, 0) is 24.3 Å². The summed E-state index contributed by atoms with van der Waals surface area (Å²) in [7, 11) is 0. The van der Waals surface area contributed by atoms with E-state index in [1.807, 2.05) is 0 Å². The van der Waals surface area contributed by atoms with E-state index in [9.17, 15) is 13.2 Å². The fourth-order valence-electron chi connectivity index (χ4n) is 1.71. The number of hydrogen-bond donors (Lipinski definition) is 2. The van der Waals surface area contributed by atoms with Gasteiger partial charge in [0.25, 0.3) is 0 Å². The van der Waals surface area contributed by atoms with Gasteiger partial charge in [-0.1, -0.05) is 11.2 Å². The Labute approximate surface area is 118 Å². The molecule has 0 saturated carbocycles. The zero-order valence-electron chi connectivity index (χ0n) is 10.7. The zero-order valence-corrected chi connectivity index (χ0v) is 10.7. The third kappa shape index (κ3) is 3.44. The van der Waals surface area contributed by atoms with E-state index in [2.05, 4.69) is 5.16 Å². The number of rotatable bonds is 4. The van der Waals surface area contributed by atoms with E-state index in [0.717, 1.165) is 24.3 Å². The number of hydrogen-bond acceptors (Lipinski definition) is 3. The highest BCUT2D eigenvalue weighted by atomic mass is 19.1. The second-order valence-corrected chi connectivity index (χ2v) is 4.15. The maximum atomic E-state index is 13.4. The second-order valence-electron chi connectivity index (χ2n) is 4.15. The number of amidine groups is 1. The van der Waals surface area contributed by atoms with Crippen LogP contribution in [0.2, 0.25) is 0 Å². The van der Waals surface area contributed by atoms with Gasteiger partial charge in [0.2, 0.25) is 0 Å². The molecule has 0 atom stereocenters. The molecule has 0 heterocycles. The van der Waals surface area contributed by atoms with Crippen molar-refractivity contribution < 1.29 is 23.1 Å². The fraction of sp³-hybridized carbons (Fsp3) is 0.0714. The van der Waals surface area contributed by atoms with Gasteiger partial charge in [-0.2, -0.15) is 0 Å². The number of benzene rings is 2. The molecule has 0 fully saturated rings. The first-order chi connectivity index (χ1) is 10.0. The first-order valence-electron chi connectivity index (χ1n) is 5.85. The molecule has 110 valence electrons. The molecule has 3 N–H and O–H groups in total. The normalized spacial score (nSPS) is 11.5. The van der Waals surface area contributed by atoms with Crippen LogP contribution >= 0.6 is 0 Å². The second kappa shape index (κ2) is 6.17. The molecule has 4 nitrogen and oxygen atoms in total. The van der Waals surface area contributed by atoms with Crippen molar-refractivity contribution in [1.29, 1.82) is 0 Å². The first kappa shape index (κ1) is 14.7. The van der Waals surface area contributed by atoms with Crippen molar-refractivity contribution >= 4 is 5.84 Å². The van der Waals surface area contributed by atoms with Gasteiger partial charge in [0.15, 0.2) is 17.4 Å². The van der Waals surface area contributed by atoms with Crippen LogP contribution in [0, 0.1) is 17.5 Å². The summed E-state index contributed by atoms with van der Waals surface area (Å²) in [5, 5.41) is 11.5. The average Bonchev–Trinajstić information content (AvgIpc) is 2.46. The summed E-state index contributed by atoms with van der Waals surface area (Å²) in [6.45, 7) is -0.158. The van der Waals surface area contributed by atoms with Crippen molar-refractivity contribution in [2.24, 2.45) is 10.9 Å². The molecule has 21 heavy (non-hydrogen) atoms. The quantitative estimate of drug-likeness (QED) is 0.394. The van der Waals surface area contributed by atoms with Gasteiger partial charge in [-0.3, -0.25) is 0 Å². The predicted octanol–water partition coefficient (Wildman–Crippen LogP) is 2.78. The number of ether oxygens (including phenoxy) is 1. The van der Waals surface area contributed by atoms with Gasteiger partial charge >= 0.3 is 0 Å². The first-order valence-corrected chi connectivity index (χ1v) is 5.85. The van der Waals surface area contributed by atoms with Crippen LogP contribution in [0.3, 0.4) is 0 Å². The summed E-state index contributed by atoms with van der Waals surface area (Å²) >= 11 is 0. The minimum atomic E-state index is -0.859. The van der Waals surface area contributed by atoms with Crippen LogP contribution < -0.4 is 10.5 Å².